The Morgan fingerprint density at radius 1 is 1.10 bits per heavy atom. The van der Waals surface area contributed by atoms with Crippen LogP contribution in [0.15, 0.2) is 24.3 Å². The minimum Gasteiger partial charge on any atom is -0.449 e. The molecule has 4 N–H and O–H groups in total. The van der Waals surface area contributed by atoms with Crippen LogP contribution in [-0.2, 0) is 25.6 Å². The highest BCUT2D eigenvalue weighted by molar-refractivity contribution is 5.81. The third kappa shape index (κ3) is 12.0. The van der Waals surface area contributed by atoms with Crippen LogP contribution in [0.25, 0.3) is 0 Å². The smallest absolute Gasteiger partial charge is 0.408 e. The maximum absolute atomic E-state index is 12.1. The zero-order valence-electron chi connectivity index (χ0n) is 18.1. The lowest BCUT2D eigenvalue weighted by atomic mass is 10.1. The molecule has 10 heteroatoms. The van der Waals surface area contributed by atoms with Crippen LogP contribution >= 0.6 is 0 Å². The van der Waals surface area contributed by atoms with Gasteiger partial charge in [-0.15, -0.1) is 0 Å². The second-order valence-corrected chi connectivity index (χ2v) is 7.70. The Morgan fingerprint density at radius 2 is 1.77 bits per heavy atom. The molecule has 170 valence electrons. The van der Waals surface area contributed by atoms with E-state index in [0.717, 1.165) is 5.56 Å². The van der Waals surface area contributed by atoms with E-state index in [-0.39, 0.29) is 13.0 Å². The highest BCUT2D eigenvalue weighted by Gasteiger charge is 2.25. The fourth-order valence-corrected chi connectivity index (χ4v) is 2.38. The number of anilines is 1. The lowest BCUT2D eigenvalue weighted by molar-refractivity contribution is -0.145. The molecule has 0 radical (unpaired) electrons. The first kappa shape index (κ1) is 25.6. The van der Waals surface area contributed by atoms with Crippen LogP contribution in [-0.4, -0.2) is 43.0 Å². The number of carbonyl (C=O) groups excluding carboxylic acids is 3. The average molecular weight is 434 g/mol. The SMILES string of the molecule is CC(C)(C)OC(=O)NC(CCCCNC(=O)OCc1ccc(N)cc1)C(=O)OCC#N. The number of ether oxygens (including phenoxy) is 3. The molecule has 10 nitrogen and oxygen atoms in total. The highest BCUT2D eigenvalue weighted by Crippen LogP contribution is 2.09. The molecular weight excluding hydrogens is 404 g/mol. The lowest BCUT2D eigenvalue weighted by Gasteiger charge is -2.22. The number of nitrogens with two attached hydrogens (primary N) is 1. The molecule has 1 atom stereocenters. The van der Waals surface area contributed by atoms with Crippen LogP contribution in [0.4, 0.5) is 15.3 Å². The minimum atomic E-state index is -0.958. The third-order valence-corrected chi connectivity index (χ3v) is 3.79. The minimum absolute atomic E-state index is 0.124. The summed E-state index contributed by atoms with van der Waals surface area (Å²) in [6, 6.07) is 7.73. The number of nitrogen functional groups attached to an aromatic ring is 1. The molecule has 0 saturated heterocycles. The summed E-state index contributed by atoms with van der Waals surface area (Å²) in [7, 11) is 0. The summed E-state index contributed by atoms with van der Waals surface area (Å²) in [5.74, 6) is -0.719. The molecule has 0 spiro atoms. The van der Waals surface area contributed by atoms with E-state index in [0.29, 0.717) is 25.1 Å². The van der Waals surface area contributed by atoms with Crippen molar-refractivity contribution in [2.24, 2.45) is 0 Å². The summed E-state index contributed by atoms with van der Waals surface area (Å²) >= 11 is 0. The van der Waals surface area contributed by atoms with Crippen molar-refractivity contribution < 1.29 is 28.6 Å². The summed E-state index contributed by atoms with van der Waals surface area (Å²) in [5, 5.41) is 13.6. The Hall–Kier alpha value is -3.48. The van der Waals surface area contributed by atoms with E-state index >= 15 is 0 Å². The quantitative estimate of drug-likeness (QED) is 0.220. The van der Waals surface area contributed by atoms with Gasteiger partial charge in [0, 0.05) is 12.2 Å². The predicted molar refractivity (Wildman–Crippen MR) is 113 cm³/mol. The van der Waals surface area contributed by atoms with Crippen molar-refractivity contribution in [2.45, 2.75) is 58.3 Å². The largest absolute Gasteiger partial charge is 0.449 e. The topological polar surface area (TPSA) is 153 Å². The van der Waals surface area contributed by atoms with Gasteiger partial charge >= 0.3 is 18.2 Å². The predicted octanol–water partition coefficient (Wildman–Crippen LogP) is 2.63. The maximum Gasteiger partial charge on any atom is 0.408 e. The van der Waals surface area contributed by atoms with Gasteiger partial charge in [0.25, 0.3) is 0 Å². The molecule has 0 aliphatic rings. The first-order valence-electron chi connectivity index (χ1n) is 9.89. The number of rotatable bonds is 10. The van der Waals surface area contributed by atoms with Gasteiger partial charge in [-0.05, 0) is 57.7 Å². The van der Waals surface area contributed by atoms with E-state index in [1.54, 1.807) is 51.1 Å². The van der Waals surface area contributed by atoms with Gasteiger partial charge in [0.1, 0.15) is 24.3 Å². The number of carbonyl (C=O) groups is 3. The van der Waals surface area contributed by atoms with Gasteiger partial charge in [-0.1, -0.05) is 12.1 Å². The molecule has 0 aromatic heterocycles. The standard InChI is InChI=1S/C21H30N4O6/c1-21(2,3)31-20(28)25-17(18(26)29-13-11-22)6-4-5-12-24-19(27)30-14-15-7-9-16(23)10-8-15/h7-10,17H,4-6,12-14,23H2,1-3H3,(H,24,27)(H,25,28). The molecule has 0 aliphatic carbocycles. The monoisotopic (exact) mass is 434 g/mol. The van der Waals surface area contributed by atoms with Crippen LogP contribution in [0.2, 0.25) is 0 Å². The lowest BCUT2D eigenvalue weighted by Crippen LogP contribution is -2.44. The zero-order valence-corrected chi connectivity index (χ0v) is 18.1. The Labute approximate surface area is 182 Å². The van der Waals surface area contributed by atoms with Gasteiger partial charge < -0.3 is 30.6 Å². The Kier molecular flexibility index (Phi) is 10.7. The molecular formula is C21H30N4O6. The first-order chi connectivity index (χ1) is 14.6. The summed E-state index contributed by atoms with van der Waals surface area (Å²) in [5.41, 5.74) is 6.33. The number of benzene rings is 1. The number of amides is 2. The number of hydrogen-bond acceptors (Lipinski definition) is 8. The van der Waals surface area contributed by atoms with Crippen molar-refractivity contribution in [2.75, 3.05) is 18.9 Å². The second kappa shape index (κ2) is 13.0. The van der Waals surface area contributed by atoms with Crippen LogP contribution in [0, 0.1) is 11.3 Å². The Morgan fingerprint density at radius 3 is 2.39 bits per heavy atom. The Balaban J connectivity index is 2.36. The average Bonchev–Trinajstić information content (AvgIpc) is 2.69. The normalized spacial score (nSPS) is 11.5. The summed E-state index contributed by atoms with van der Waals surface area (Å²) < 4.78 is 15.0. The van der Waals surface area contributed by atoms with E-state index in [1.165, 1.54) is 0 Å². The van der Waals surface area contributed by atoms with Gasteiger partial charge in [0.05, 0.1) is 0 Å². The van der Waals surface area contributed by atoms with E-state index in [4.69, 9.17) is 25.2 Å². The van der Waals surface area contributed by atoms with Crippen LogP contribution < -0.4 is 16.4 Å². The van der Waals surface area contributed by atoms with Crippen molar-refractivity contribution >= 4 is 23.8 Å². The number of nitrogens with zero attached hydrogens (tertiary/aromatic N) is 1. The van der Waals surface area contributed by atoms with Gasteiger partial charge in [0.15, 0.2) is 6.61 Å². The molecule has 31 heavy (non-hydrogen) atoms. The van der Waals surface area contributed by atoms with Crippen molar-refractivity contribution in [1.29, 1.82) is 5.26 Å². The molecule has 1 aromatic carbocycles. The second-order valence-electron chi connectivity index (χ2n) is 7.70. The number of hydrogen-bond donors (Lipinski definition) is 3. The van der Waals surface area contributed by atoms with E-state index in [1.807, 2.05) is 0 Å². The van der Waals surface area contributed by atoms with Crippen LogP contribution in [0.1, 0.15) is 45.6 Å². The molecule has 0 saturated carbocycles. The third-order valence-electron chi connectivity index (χ3n) is 3.79. The Bertz CT molecular complexity index is 768. The van der Waals surface area contributed by atoms with E-state index in [9.17, 15) is 14.4 Å². The molecule has 0 aliphatic heterocycles. The molecule has 0 bridgehead atoms. The zero-order chi connectivity index (χ0) is 23.3. The van der Waals surface area contributed by atoms with Crippen LogP contribution in [0.3, 0.4) is 0 Å². The number of nitrogens with one attached hydrogen (secondary N) is 2. The maximum atomic E-state index is 12.1. The molecule has 0 fully saturated rings. The summed E-state index contributed by atoms with van der Waals surface area (Å²) in [6.07, 6.45) is -0.0226. The van der Waals surface area contributed by atoms with Crippen LogP contribution in [0.5, 0.6) is 0 Å². The molecule has 2 amide bonds. The van der Waals surface area contributed by atoms with Gasteiger partial charge in [-0.25, -0.2) is 14.4 Å². The first-order valence-corrected chi connectivity index (χ1v) is 9.89. The van der Waals surface area contributed by atoms with E-state index < -0.39 is 36.4 Å². The van der Waals surface area contributed by atoms with E-state index in [2.05, 4.69) is 10.6 Å². The fourth-order valence-electron chi connectivity index (χ4n) is 2.38. The molecule has 0 heterocycles. The van der Waals surface area contributed by atoms with Crippen molar-refractivity contribution in [3.63, 3.8) is 0 Å². The number of nitriles is 1. The van der Waals surface area contributed by atoms with Crippen molar-refractivity contribution in [3.8, 4) is 6.07 Å². The molecule has 1 rings (SSSR count). The summed E-state index contributed by atoms with van der Waals surface area (Å²) in [4.78, 5) is 35.8. The summed E-state index contributed by atoms with van der Waals surface area (Å²) in [6.45, 7) is 5.15. The molecule has 1 aromatic rings. The fraction of sp³-hybridized carbons (Fsp3) is 0.524. The number of esters is 1. The van der Waals surface area contributed by atoms with Gasteiger partial charge in [-0.3, -0.25) is 0 Å². The highest BCUT2D eigenvalue weighted by atomic mass is 16.6. The van der Waals surface area contributed by atoms with Gasteiger partial charge in [0.2, 0.25) is 0 Å². The number of alkyl carbamates (subject to hydrolysis) is 2. The number of unbranched alkanes of at least 4 members (excludes halogenated alkanes) is 1. The van der Waals surface area contributed by atoms with Gasteiger partial charge in [-0.2, -0.15) is 5.26 Å². The van der Waals surface area contributed by atoms with Crippen molar-refractivity contribution in [3.05, 3.63) is 29.8 Å². The van der Waals surface area contributed by atoms with Crippen molar-refractivity contribution in [1.82, 2.24) is 10.6 Å². The molecule has 1 unspecified atom stereocenters.